The zero-order chi connectivity index (χ0) is 6.85. The molecular weight excluding hydrogens is 140 g/mol. The monoisotopic (exact) mass is 147 g/mol. The minimum Gasteiger partial charge on any atom is -0.267 e. The molecule has 9 heavy (non-hydrogen) atoms. The molecule has 0 atom stereocenters. The number of carbonyl (C=O) groups is 1. The molecule has 1 heterocycles. The molecule has 4 nitrogen and oxygen atoms in total. The summed E-state index contributed by atoms with van der Waals surface area (Å²) in [5.41, 5.74) is 0. The molecule has 1 rings (SSSR count). The summed E-state index contributed by atoms with van der Waals surface area (Å²) in [6.07, 6.45) is 2.05. The number of hydrogen-bond donors (Lipinski definition) is 0. The van der Waals surface area contributed by atoms with Gasteiger partial charge in [-0.05, 0) is 4.41 Å². The van der Waals surface area contributed by atoms with E-state index in [0.717, 1.165) is 16.4 Å². The molecule has 50 valence electrons. The number of nitrogens with zero attached hydrogens (tertiary/aromatic N) is 2. The Hall–Kier alpha value is -0.580. The molecule has 1 aliphatic heterocycles. The van der Waals surface area contributed by atoms with Crippen LogP contribution in [0.4, 0.5) is 0 Å². The second-order valence-corrected chi connectivity index (χ2v) is 2.39. The lowest BCUT2D eigenvalue weighted by Gasteiger charge is -1.96. The van der Waals surface area contributed by atoms with E-state index in [1.165, 1.54) is 0 Å². The highest BCUT2D eigenvalue weighted by Crippen LogP contribution is 2.13. The minimum atomic E-state index is -0.0995. The van der Waals surface area contributed by atoms with Crippen LogP contribution in [0.25, 0.3) is 0 Å². The zero-order valence-corrected chi connectivity index (χ0v) is 5.85. The fourth-order valence-corrected chi connectivity index (χ4v) is 1.25. The molecule has 0 bridgehead atoms. The van der Waals surface area contributed by atoms with E-state index in [4.69, 9.17) is 0 Å². The van der Waals surface area contributed by atoms with E-state index in [0.29, 0.717) is 17.8 Å². The Kier molecular flexibility index (Phi) is 1.70. The maximum absolute atomic E-state index is 10.7. The third-order valence-electron chi connectivity index (χ3n) is 1.11. The molecule has 0 radical (unpaired) electrons. The molecule has 0 aromatic heterocycles. The van der Waals surface area contributed by atoms with Crippen molar-refractivity contribution >= 4 is 17.9 Å². The van der Waals surface area contributed by atoms with Gasteiger partial charge in [0, 0.05) is 18.2 Å². The van der Waals surface area contributed by atoms with Crippen molar-refractivity contribution in [3.8, 4) is 0 Å². The first-order valence-electron chi connectivity index (χ1n) is 2.57. The van der Waals surface area contributed by atoms with Crippen LogP contribution >= 0.6 is 11.9 Å². The average Bonchev–Trinajstić information content (AvgIpc) is 2.12. The lowest BCUT2D eigenvalue weighted by molar-refractivity contribution is -0.639. The number of hydrogen-bond acceptors (Lipinski definition) is 3. The summed E-state index contributed by atoms with van der Waals surface area (Å²) in [5.74, 6) is -0.0995. The highest BCUT2D eigenvalue weighted by Gasteiger charge is 2.36. The highest BCUT2D eigenvalue weighted by atomic mass is 32.2. The van der Waals surface area contributed by atoms with E-state index in [-0.39, 0.29) is 5.91 Å². The Morgan fingerprint density at radius 1 is 1.78 bits per heavy atom. The topological polar surface area (TPSA) is 40.4 Å². The SMILES string of the molecule is CSN1C(=O)CC[N+]1=O. The molecule has 0 spiro atoms. The number of carbonyl (C=O) groups excluding carboxylic acids is 1. The lowest BCUT2D eigenvalue weighted by Crippen LogP contribution is -2.22. The second kappa shape index (κ2) is 2.34. The van der Waals surface area contributed by atoms with Gasteiger partial charge in [0.2, 0.25) is 6.54 Å². The van der Waals surface area contributed by atoms with Crippen molar-refractivity contribution in [2.75, 3.05) is 12.8 Å². The Labute approximate surface area is 56.9 Å². The molecule has 0 aromatic rings. The van der Waals surface area contributed by atoms with Gasteiger partial charge in [0.05, 0.1) is 4.91 Å². The van der Waals surface area contributed by atoms with Gasteiger partial charge in [-0.25, -0.2) is 0 Å². The van der Waals surface area contributed by atoms with E-state index >= 15 is 0 Å². The summed E-state index contributed by atoms with van der Waals surface area (Å²) in [6.45, 7) is 0.305. The smallest absolute Gasteiger partial charge is 0.267 e. The largest absolute Gasteiger partial charge is 0.301 e. The first kappa shape index (κ1) is 6.54. The third-order valence-corrected chi connectivity index (χ3v) is 1.84. The van der Waals surface area contributed by atoms with Crippen molar-refractivity contribution in [3.63, 3.8) is 0 Å². The molecule has 0 aromatic carbocycles. The molecule has 0 saturated carbocycles. The van der Waals surface area contributed by atoms with Crippen LogP contribution in [0.3, 0.4) is 0 Å². The first-order chi connectivity index (χ1) is 4.25. The third kappa shape index (κ3) is 1.05. The van der Waals surface area contributed by atoms with E-state index in [2.05, 4.69) is 0 Å². The van der Waals surface area contributed by atoms with Crippen LogP contribution in [0.15, 0.2) is 0 Å². The van der Waals surface area contributed by atoms with Gasteiger partial charge < -0.3 is 0 Å². The predicted molar refractivity (Wildman–Crippen MR) is 33.5 cm³/mol. The van der Waals surface area contributed by atoms with Gasteiger partial charge in [0.1, 0.15) is 11.3 Å². The molecule has 5 heteroatoms. The minimum absolute atomic E-state index is 0.0995. The van der Waals surface area contributed by atoms with E-state index < -0.39 is 0 Å². The summed E-state index contributed by atoms with van der Waals surface area (Å²) in [7, 11) is 0. The maximum Gasteiger partial charge on any atom is 0.301 e. The first-order valence-corrected chi connectivity index (χ1v) is 3.75. The van der Waals surface area contributed by atoms with Gasteiger partial charge in [-0.3, -0.25) is 4.79 Å². The standard InChI is InChI=1S/C4H7N2O2S/c1-9-6-4(7)2-3-5(6)8/h2-3H2,1H3/q+1. The van der Waals surface area contributed by atoms with Crippen molar-refractivity contribution in [2.24, 2.45) is 0 Å². The van der Waals surface area contributed by atoms with Crippen molar-refractivity contribution in [1.29, 1.82) is 0 Å². The molecule has 0 aliphatic carbocycles. The van der Waals surface area contributed by atoms with Crippen molar-refractivity contribution in [1.82, 2.24) is 4.41 Å². The van der Waals surface area contributed by atoms with Crippen LogP contribution in [0.1, 0.15) is 6.42 Å². The summed E-state index contributed by atoms with van der Waals surface area (Å²) in [5, 5.41) is 0. The maximum atomic E-state index is 10.7. The average molecular weight is 147 g/mol. The zero-order valence-electron chi connectivity index (χ0n) is 5.03. The van der Waals surface area contributed by atoms with E-state index in [1.807, 2.05) is 0 Å². The van der Waals surface area contributed by atoms with Gasteiger partial charge in [-0.2, -0.15) is 0 Å². The Morgan fingerprint density at radius 3 is 2.67 bits per heavy atom. The molecular formula is C4H7N2O2S+. The van der Waals surface area contributed by atoms with Crippen molar-refractivity contribution in [2.45, 2.75) is 6.42 Å². The molecule has 1 aliphatic rings. The van der Waals surface area contributed by atoms with Crippen LogP contribution in [0.2, 0.25) is 0 Å². The van der Waals surface area contributed by atoms with Crippen LogP contribution in [-0.4, -0.2) is 28.0 Å². The van der Waals surface area contributed by atoms with Crippen molar-refractivity contribution < 1.29 is 9.66 Å². The quantitative estimate of drug-likeness (QED) is 0.392. The molecule has 0 unspecified atom stereocenters. The molecule has 1 amide bonds. The number of amides is 1. The van der Waals surface area contributed by atoms with Crippen LogP contribution in [0.5, 0.6) is 0 Å². The molecule has 0 N–H and O–H groups in total. The van der Waals surface area contributed by atoms with Gasteiger partial charge in [-0.1, -0.05) is 0 Å². The normalized spacial score (nSPS) is 19.4. The molecule has 1 saturated heterocycles. The highest BCUT2D eigenvalue weighted by molar-refractivity contribution is 7.96. The fourth-order valence-electron chi connectivity index (χ4n) is 0.695. The Balaban J connectivity index is 2.66. The number of nitroso groups, excluding NO2 is 1. The lowest BCUT2D eigenvalue weighted by atomic mass is 10.5. The van der Waals surface area contributed by atoms with Crippen molar-refractivity contribution in [3.05, 3.63) is 4.91 Å². The van der Waals surface area contributed by atoms with E-state index in [1.54, 1.807) is 6.26 Å². The number of hydrazine groups is 1. The van der Waals surface area contributed by atoms with Crippen LogP contribution in [-0.2, 0) is 4.79 Å². The summed E-state index contributed by atoms with van der Waals surface area (Å²) in [4.78, 5) is 22.0. The molecule has 1 fully saturated rings. The van der Waals surface area contributed by atoms with E-state index in [9.17, 15) is 9.70 Å². The summed E-state index contributed by atoms with van der Waals surface area (Å²) in [6, 6.07) is 0. The van der Waals surface area contributed by atoms with Gasteiger partial charge in [-0.15, -0.1) is 0 Å². The van der Waals surface area contributed by atoms with Gasteiger partial charge in [0.25, 0.3) is 0 Å². The van der Waals surface area contributed by atoms with Gasteiger partial charge >= 0.3 is 5.91 Å². The Bertz CT molecular complexity index is 143. The Morgan fingerprint density at radius 2 is 2.44 bits per heavy atom. The second-order valence-electron chi connectivity index (χ2n) is 1.68. The predicted octanol–water partition coefficient (Wildman–Crippen LogP) is 0.191. The summed E-state index contributed by atoms with van der Waals surface area (Å²) < 4.78 is 1.12. The number of rotatable bonds is 1. The van der Waals surface area contributed by atoms with Gasteiger partial charge in [0.15, 0.2) is 0 Å². The van der Waals surface area contributed by atoms with Crippen LogP contribution in [0, 0.1) is 4.91 Å². The summed E-state index contributed by atoms with van der Waals surface area (Å²) >= 11 is 1.15. The van der Waals surface area contributed by atoms with Crippen LogP contribution < -0.4 is 0 Å². The fraction of sp³-hybridized carbons (Fsp3) is 0.750.